The highest BCUT2D eigenvalue weighted by Gasteiger charge is 2.30. The topological polar surface area (TPSA) is 66.3 Å². The molecule has 150 valence electrons. The number of hydrazine groups is 1. The molecule has 3 rings (SSSR count). The highest BCUT2D eigenvalue weighted by molar-refractivity contribution is 7.80. The Labute approximate surface area is 169 Å². The number of alkyl halides is 3. The molecular formula is C20H16F3N3O2S. The second kappa shape index (κ2) is 8.36. The molecule has 1 amide bonds. The summed E-state index contributed by atoms with van der Waals surface area (Å²) >= 11 is 5.09. The van der Waals surface area contributed by atoms with Crippen molar-refractivity contribution in [1.29, 1.82) is 0 Å². The molecule has 0 saturated heterocycles. The third-order valence-corrected chi connectivity index (χ3v) is 4.11. The van der Waals surface area contributed by atoms with Crippen LogP contribution in [0.2, 0.25) is 0 Å². The molecule has 29 heavy (non-hydrogen) atoms. The lowest BCUT2D eigenvalue weighted by molar-refractivity contribution is -0.137. The number of hydrogen-bond donors (Lipinski definition) is 3. The first kappa shape index (κ1) is 20.4. The standard InChI is InChI=1S/C20H16F3N3O2S/c1-12-5-7-15(8-6-12)24-19(29)26-25-18(27)17-10-9-16(28-17)13-3-2-4-14(11-13)20(21,22)23/h2-11H,1H3,(H,25,27)(H2,24,26,29). The molecule has 0 radical (unpaired) electrons. The van der Waals surface area contributed by atoms with Gasteiger partial charge in [-0.25, -0.2) is 0 Å². The highest BCUT2D eigenvalue weighted by Crippen LogP contribution is 2.32. The van der Waals surface area contributed by atoms with Crippen LogP contribution in [0.5, 0.6) is 0 Å². The Balaban J connectivity index is 1.61. The van der Waals surface area contributed by atoms with Gasteiger partial charge in [-0.3, -0.25) is 15.6 Å². The van der Waals surface area contributed by atoms with Crippen molar-refractivity contribution in [1.82, 2.24) is 10.9 Å². The van der Waals surface area contributed by atoms with Crippen LogP contribution in [0.25, 0.3) is 11.3 Å². The lowest BCUT2D eigenvalue weighted by Gasteiger charge is -2.11. The van der Waals surface area contributed by atoms with Gasteiger partial charge >= 0.3 is 12.1 Å². The Morgan fingerprint density at radius 2 is 1.72 bits per heavy atom. The summed E-state index contributed by atoms with van der Waals surface area (Å²) in [5, 5.41) is 3.05. The number of amides is 1. The van der Waals surface area contributed by atoms with Gasteiger partial charge in [0, 0.05) is 11.3 Å². The largest absolute Gasteiger partial charge is 0.451 e. The lowest BCUT2D eigenvalue weighted by atomic mass is 10.1. The summed E-state index contributed by atoms with van der Waals surface area (Å²) in [6, 6.07) is 14.9. The van der Waals surface area contributed by atoms with Gasteiger partial charge in [0.15, 0.2) is 10.9 Å². The van der Waals surface area contributed by atoms with Gasteiger partial charge in [0.05, 0.1) is 5.56 Å². The van der Waals surface area contributed by atoms with Gasteiger partial charge in [0.25, 0.3) is 0 Å². The van der Waals surface area contributed by atoms with Crippen molar-refractivity contribution in [2.75, 3.05) is 5.32 Å². The van der Waals surface area contributed by atoms with Gasteiger partial charge in [-0.05, 0) is 55.5 Å². The normalized spacial score (nSPS) is 11.0. The Morgan fingerprint density at radius 3 is 2.41 bits per heavy atom. The fourth-order valence-corrected chi connectivity index (χ4v) is 2.61. The molecule has 3 aromatic rings. The zero-order valence-corrected chi connectivity index (χ0v) is 15.9. The van der Waals surface area contributed by atoms with Crippen molar-refractivity contribution in [3.05, 3.63) is 77.6 Å². The zero-order valence-electron chi connectivity index (χ0n) is 15.1. The van der Waals surface area contributed by atoms with E-state index in [1.807, 2.05) is 31.2 Å². The fraction of sp³-hybridized carbons (Fsp3) is 0.100. The van der Waals surface area contributed by atoms with Gasteiger partial charge in [0.1, 0.15) is 5.76 Å². The van der Waals surface area contributed by atoms with Crippen molar-refractivity contribution in [3.63, 3.8) is 0 Å². The van der Waals surface area contributed by atoms with E-state index in [4.69, 9.17) is 16.6 Å². The SMILES string of the molecule is Cc1ccc(NC(=S)NNC(=O)c2ccc(-c3cccc(C(F)(F)F)c3)o2)cc1. The van der Waals surface area contributed by atoms with Crippen molar-refractivity contribution >= 4 is 28.9 Å². The summed E-state index contributed by atoms with van der Waals surface area (Å²) in [6.07, 6.45) is -4.47. The summed E-state index contributed by atoms with van der Waals surface area (Å²) in [7, 11) is 0. The number of hydrogen-bond acceptors (Lipinski definition) is 3. The van der Waals surface area contributed by atoms with E-state index in [1.54, 1.807) is 0 Å². The van der Waals surface area contributed by atoms with Crippen molar-refractivity contribution in [2.24, 2.45) is 0 Å². The van der Waals surface area contributed by atoms with Gasteiger partial charge in [-0.1, -0.05) is 29.8 Å². The van der Waals surface area contributed by atoms with Crippen LogP contribution < -0.4 is 16.2 Å². The maximum Gasteiger partial charge on any atom is 0.416 e. The number of carbonyl (C=O) groups is 1. The average Bonchev–Trinajstić information content (AvgIpc) is 3.18. The maximum absolute atomic E-state index is 12.8. The van der Waals surface area contributed by atoms with E-state index in [9.17, 15) is 18.0 Å². The zero-order chi connectivity index (χ0) is 21.0. The molecule has 0 aliphatic rings. The van der Waals surface area contributed by atoms with Gasteiger partial charge in [-0.15, -0.1) is 0 Å². The molecule has 0 fully saturated rings. The van der Waals surface area contributed by atoms with E-state index in [2.05, 4.69) is 16.2 Å². The van der Waals surface area contributed by atoms with Crippen molar-refractivity contribution < 1.29 is 22.4 Å². The van der Waals surface area contributed by atoms with Crippen LogP contribution in [0.4, 0.5) is 18.9 Å². The van der Waals surface area contributed by atoms with Gasteiger partial charge < -0.3 is 9.73 Å². The van der Waals surface area contributed by atoms with Crippen LogP contribution in [-0.2, 0) is 6.18 Å². The molecular weight excluding hydrogens is 403 g/mol. The number of nitrogens with one attached hydrogen (secondary N) is 3. The van der Waals surface area contributed by atoms with E-state index >= 15 is 0 Å². The molecule has 1 heterocycles. The van der Waals surface area contributed by atoms with E-state index < -0.39 is 17.6 Å². The maximum atomic E-state index is 12.8. The minimum atomic E-state index is -4.47. The number of furan rings is 1. The molecule has 3 N–H and O–H groups in total. The predicted molar refractivity (Wildman–Crippen MR) is 107 cm³/mol. The van der Waals surface area contributed by atoms with Crippen LogP contribution >= 0.6 is 12.2 Å². The minimum Gasteiger partial charge on any atom is -0.451 e. The number of carbonyl (C=O) groups excluding carboxylic acids is 1. The molecule has 1 aromatic heterocycles. The second-order valence-corrected chi connectivity index (χ2v) is 6.55. The number of rotatable bonds is 3. The highest BCUT2D eigenvalue weighted by atomic mass is 32.1. The minimum absolute atomic E-state index is 0.0805. The van der Waals surface area contributed by atoms with E-state index in [0.29, 0.717) is 0 Å². The third kappa shape index (κ3) is 5.35. The summed E-state index contributed by atoms with van der Waals surface area (Å²) in [5.74, 6) is -0.569. The van der Waals surface area contributed by atoms with Crippen molar-refractivity contribution in [3.8, 4) is 11.3 Å². The lowest BCUT2D eigenvalue weighted by Crippen LogP contribution is -2.43. The predicted octanol–water partition coefficient (Wildman–Crippen LogP) is 4.91. The molecule has 0 saturated carbocycles. The number of aryl methyl sites for hydroxylation is 1. The molecule has 2 aromatic carbocycles. The van der Waals surface area contributed by atoms with E-state index in [0.717, 1.165) is 23.4 Å². The molecule has 9 heteroatoms. The van der Waals surface area contributed by atoms with Crippen LogP contribution in [-0.4, -0.2) is 11.0 Å². The monoisotopic (exact) mass is 419 g/mol. The van der Waals surface area contributed by atoms with Gasteiger partial charge in [0.2, 0.25) is 0 Å². The number of halogens is 3. The van der Waals surface area contributed by atoms with Crippen LogP contribution in [0.3, 0.4) is 0 Å². The molecule has 0 bridgehead atoms. The first-order chi connectivity index (χ1) is 13.7. The Bertz CT molecular complexity index is 1030. The number of anilines is 1. The van der Waals surface area contributed by atoms with Crippen LogP contribution in [0, 0.1) is 6.92 Å². The van der Waals surface area contributed by atoms with E-state index in [1.165, 1.54) is 24.3 Å². The second-order valence-electron chi connectivity index (χ2n) is 6.14. The van der Waals surface area contributed by atoms with Crippen LogP contribution in [0.15, 0.2) is 65.1 Å². The summed E-state index contributed by atoms with van der Waals surface area (Å²) in [6.45, 7) is 1.96. The first-order valence-corrected chi connectivity index (χ1v) is 8.85. The van der Waals surface area contributed by atoms with Crippen LogP contribution in [0.1, 0.15) is 21.7 Å². The Morgan fingerprint density at radius 1 is 1.00 bits per heavy atom. The molecule has 5 nitrogen and oxygen atoms in total. The van der Waals surface area contributed by atoms with Crippen molar-refractivity contribution in [2.45, 2.75) is 13.1 Å². The van der Waals surface area contributed by atoms with Gasteiger partial charge in [-0.2, -0.15) is 13.2 Å². The fourth-order valence-electron chi connectivity index (χ4n) is 2.44. The quantitative estimate of drug-likeness (QED) is 0.416. The Hall–Kier alpha value is -3.33. The number of benzene rings is 2. The summed E-state index contributed by atoms with van der Waals surface area (Å²) in [5.41, 5.74) is 6.15. The molecule has 0 aliphatic heterocycles. The third-order valence-electron chi connectivity index (χ3n) is 3.90. The molecule has 0 aliphatic carbocycles. The first-order valence-electron chi connectivity index (χ1n) is 8.44. The Kier molecular flexibility index (Phi) is 5.88. The average molecular weight is 419 g/mol. The number of thiocarbonyl (C=S) groups is 1. The molecule has 0 unspecified atom stereocenters. The summed E-state index contributed by atoms with van der Waals surface area (Å²) in [4.78, 5) is 12.2. The molecule has 0 atom stereocenters. The summed E-state index contributed by atoms with van der Waals surface area (Å²) < 4.78 is 43.9. The smallest absolute Gasteiger partial charge is 0.416 e. The van der Waals surface area contributed by atoms with E-state index in [-0.39, 0.29) is 22.2 Å². The molecule has 0 spiro atoms.